The van der Waals surface area contributed by atoms with E-state index in [1.54, 1.807) is 12.4 Å². The highest BCUT2D eigenvalue weighted by Crippen LogP contribution is 2.63. The lowest BCUT2D eigenvalue weighted by molar-refractivity contribution is 0.794. The first-order chi connectivity index (χ1) is 30.8. The molecule has 0 saturated carbocycles. The lowest BCUT2D eigenvalue weighted by atomic mass is 9.70. The van der Waals surface area contributed by atoms with Gasteiger partial charge in [-0.25, -0.2) is 0 Å². The maximum atomic E-state index is 4.78. The van der Waals surface area contributed by atoms with Gasteiger partial charge in [0.1, 0.15) is 0 Å². The van der Waals surface area contributed by atoms with Gasteiger partial charge in [-0.2, -0.15) is 0 Å². The maximum absolute atomic E-state index is 4.78. The highest BCUT2D eigenvalue weighted by molar-refractivity contribution is 6.23. The Morgan fingerprint density at radius 2 is 0.806 bits per heavy atom. The standard InChI is InChI=1S/C59H35N3/c1-2-19-47-41(14-1)49-33-37(25-28-48(49)58-57(47)60-30-31-61-58)36-12-11-13-40(32-36)62-55-23-10-6-18-46(55)50-34-38(26-29-56(50)62)39-24-27-45-44-17-5-9-22-53(44)59(54(45)35-39)51-20-7-3-15-42(51)43-16-4-8-21-52(43)59/h1-35H. The number of nitrogens with zero attached hydrogens (tertiary/aromatic N) is 3. The molecule has 0 amide bonds. The largest absolute Gasteiger partial charge is 0.309 e. The Labute approximate surface area is 357 Å². The summed E-state index contributed by atoms with van der Waals surface area (Å²) in [4.78, 5) is 9.52. The molecule has 0 atom stereocenters. The zero-order valence-corrected chi connectivity index (χ0v) is 33.5. The average molecular weight is 786 g/mol. The van der Waals surface area contributed by atoms with Crippen LogP contribution >= 0.6 is 0 Å². The normalized spacial score (nSPS) is 13.3. The van der Waals surface area contributed by atoms with Crippen LogP contribution in [0.3, 0.4) is 0 Å². The number of benzene rings is 10. The van der Waals surface area contributed by atoms with Crippen LogP contribution in [-0.2, 0) is 5.41 Å². The number of aromatic nitrogens is 3. The van der Waals surface area contributed by atoms with E-state index in [9.17, 15) is 0 Å². The first-order valence-corrected chi connectivity index (χ1v) is 21.4. The molecule has 3 nitrogen and oxygen atoms in total. The first kappa shape index (κ1) is 33.7. The Bertz CT molecular complexity index is 3790. The smallest absolute Gasteiger partial charge is 0.0971 e. The van der Waals surface area contributed by atoms with Gasteiger partial charge in [0.25, 0.3) is 0 Å². The molecule has 1 spiro atoms. The van der Waals surface area contributed by atoms with Crippen LogP contribution in [0.4, 0.5) is 0 Å². The predicted octanol–water partition coefficient (Wildman–Crippen LogP) is 14.7. The van der Waals surface area contributed by atoms with Crippen molar-refractivity contribution in [3.8, 4) is 50.2 Å². The van der Waals surface area contributed by atoms with Crippen LogP contribution in [0.1, 0.15) is 22.3 Å². The van der Waals surface area contributed by atoms with E-state index in [4.69, 9.17) is 9.97 Å². The van der Waals surface area contributed by atoms with Gasteiger partial charge in [0.15, 0.2) is 0 Å². The molecule has 0 radical (unpaired) electrons. The molecule has 0 N–H and O–H groups in total. The van der Waals surface area contributed by atoms with Crippen LogP contribution in [0.2, 0.25) is 0 Å². The third kappa shape index (κ3) is 4.39. The Morgan fingerprint density at radius 3 is 1.52 bits per heavy atom. The van der Waals surface area contributed by atoms with E-state index in [1.807, 2.05) is 0 Å². The van der Waals surface area contributed by atoms with E-state index in [2.05, 4.69) is 205 Å². The monoisotopic (exact) mass is 785 g/mol. The van der Waals surface area contributed by atoms with Gasteiger partial charge in [-0.15, -0.1) is 0 Å². The third-order valence-corrected chi connectivity index (χ3v) is 13.9. The van der Waals surface area contributed by atoms with Crippen molar-refractivity contribution in [2.24, 2.45) is 0 Å². The van der Waals surface area contributed by atoms with Gasteiger partial charge in [0.2, 0.25) is 0 Å². The number of rotatable bonds is 3. The number of para-hydroxylation sites is 1. The number of hydrogen-bond donors (Lipinski definition) is 0. The van der Waals surface area contributed by atoms with E-state index in [0.29, 0.717) is 0 Å². The zero-order valence-electron chi connectivity index (χ0n) is 33.5. The van der Waals surface area contributed by atoms with Crippen LogP contribution in [0.5, 0.6) is 0 Å². The second kappa shape index (κ2) is 12.4. The summed E-state index contributed by atoms with van der Waals surface area (Å²) in [6, 6.07) is 74.5. The van der Waals surface area contributed by atoms with Crippen molar-refractivity contribution in [1.82, 2.24) is 14.5 Å². The Balaban J connectivity index is 0.925. The van der Waals surface area contributed by atoms with E-state index in [1.165, 1.54) is 99.3 Å². The van der Waals surface area contributed by atoms with Gasteiger partial charge in [-0.3, -0.25) is 9.97 Å². The topological polar surface area (TPSA) is 30.7 Å². The molecule has 0 aliphatic heterocycles. The second-order valence-electron chi connectivity index (χ2n) is 16.8. The van der Waals surface area contributed by atoms with Crippen molar-refractivity contribution in [3.63, 3.8) is 0 Å². The van der Waals surface area contributed by atoms with Crippen LogP contribution in [0.15, 0.2) is 213 Å². The lowest BCUT2D eigenvalue weighted by Gasteiger charge is -2.30. The number of fused-ring (bicyclic) bond motifs is 19. The molecule has 286 valence electrons. The van der Waals surface area contributed by atoms with Crippen molar-refractivity contribution in [2.75, 3.05) is 0 Å². The molecule has 0 unspecified atom stereocenters. The van der Waals surface area contributed by atoms with Crippen molar-refractivity contribution >= 4 is 54.4 Å². The fourth-order valence-electron chi connectivity index (χ4n) is 11.3. The quantitative estimate of drug-likeness (QED) is 0.167. The summed E-state index contributed by atoms with van der Waals surface area (Å²) < 4.78 is 2.43. The summed E-state index contributed by atoms with van der Waals surface area (Å²) in [5, 5.41) is 7.09. The molecule has 2 aliphatic carbocycles. The highest BCUT2D eigenvalue weighted by atomic mass is 15.0. The molecule has 2 aromatic heterocycles. The molecule has 62 heavy (non-hydrogen) atoms. The minimum Gasteiger partial charge on any atom is -0.309 e. The second-order valence-corrected chi connectivity index (χ2v) is 16.8. The number of hydrogen-bond acceptors (Lipinski definition) is 2. The highest BCUT2D eigenvalue weighted by Gasteiger charge is 2.51. The molecular formula is C59H35N3. The predicted molar refractivity (Wildman–Crippen MR) is 256 cm³/mol. The van der Waals surface area contributed by atoms with Crippen molar-refractivity contribution in [3.05, 3.63) is 235 Å². The summed E-state index contributed by atoms with van der Waals surface area (Å²) in [6.45, 7) is 0. The maximum Gasteiger partial charge on any atom is 0.0971 e. The zero-order chi connectivity index (χ0) is 40.5. The summed E-state index contributed by atoms with van der Waals surface area (Å²) in [5.74, 6) is 0. The minimum absolute atomic E-state index is 0.375. The Kier molecular flexibility index (Phi) is 6.76. The van der Waals surface area contributed by atoms with Gasteiger partial charge < -0.3 is 4.57 Å². The van der Waals surface area contributed by atoms with Gasteiger partial charge in [0.05, 0.1) is 27.5 Å². The van der Waals surface area contributed by atoms with Gasteiger partial charge in [0, 0.05) is 39.6 Å². The molecule has 0 bridgehead atoms. The van der Waals surface area contributed by atoms with Crippen molar-refractivity contribution in [2.45, 2.75) is 5.41 Å². The Morgan fingerprint density at radius 1 is 0.306 bits per heavy atom. The summed E-state index contributed by atoms with van der Waals surface area (Å²) in [5.41, 5.74) is 20.5. The molecule has 2 heterocycles. The van der Waals surface area contributed by atoms with Crippen LogP contribution in [0, 0.1) is 0 Å². The molecule has 0 saturated heterocycles. The van der Waals surface area contributed by atoms with E-state index in [0.717, 1.165) is 27.5 Å². The first-order valence-electron chi connectivity index (χ1n) is 21.4. The van der Waals surface area contributed by atoms with Crippen molar-refractivity contribution in [1.29, 1.82) is 0 Å². The van der Waals surface area contributed by atoms with E-state index >= 15 is 0 Å². The average Bonchev–Trinajstić information content (AvgIpc) is 3.95. The van der Waals surface area contributed by atoms with Gasteiger partial charge >= 0.3 is 0 Å². The molecule has 12 aromatic rings. The van der Waals surface area contributed by atoms with E-state index < -0.39 is 0 Å². The van der Waals surface area contributed by atoms with Crippen LogP contribution < -0.4 is 0 Å². The van der Waals surface area contributed by atoms with Crippen LogP contribution in [0.25, 0.3) is 105 Å². The third-order valence-electron chi connectivity index (χ3n) is 13.9. The summed E-state index contributed by atoms with van der Waals surface area (Å²) in [6.07, 6.45) is 3.57. The SMILES string of the molecule is c1cc(-c2ccc3c(c2)c2ccccc2c2nccnc32)cc(-n2c3ccccc3c3cc(-c4ccc5c(c4)C4(c6ccccc6-c6ccccc64)c4ccccc4-5)ccc32)c1. The van der Waals surface area contributed by atoms with Crippen LogP contribution in [-0.4, -0.2) is 14.5 Å². The minimum atomic E-state index is -0.375. The van der Waals surface area contributed by atoms with Gasteiger partial charge in [-0.05, 0) is 120 Å². The van der Waals surface area contributed by atoms with Gasteiger partial charge in [-0.1, -0.05) is 158 Å². The molecule has 0 fully saturated rings. The molecular weight excluding hydrogens is 751 g/mol. The lowest BCUT2D eigenvalue weighted by Crippen LogP contribution is -2.25. The van der Waals surface area contributed by atoms with Crippen molar-refractivity contribution < 1.29 is 0 Å². The fourth-order valence-corrected chi connectivity index (χ4v) is 11.3. The Hall–Kier alpha value is -8.14. The molecule has 10 aromatic carbocycles. The van der Waals surface area contributed by atoms with E-state index in [-0.39, 0.29) is 5.41 Å². The summed E-state index contributed by atoms with van der Waals surface area (Å²) in [7, 11) is 0. The summed E-state index contributed by atoms with van der Waals surface area (Å²) >= 11 is 0. The molecule has 2 aliphatic rings. The molecule has 3 heteroatoms. The molecule has 14 rings (SSSR count). The fraction of sp³-hybridized carbons (Fsp3) is 0.0169.